The fraction of sp³-hybridized carbons (Fsp3) is 0.556. The molecule has 5 nitrogen and oxygen atoms in total. The van der Waals surface area contributed by atoms with Crippen LogP contribution in [0.3, 0.4) is 0 Å². The highest BCUT2D eigenvalue weighted by Crippen LogP contribution is 2.03. The van der Waals surface area contributed by atoms with E-state index in [-0.39, 0.29) is 5.91 Å². The number of nitrogens with one attached hydrogen (secondary N) is 1. The van der Waals surface area contributed by atoms with Crippen molar-refractivity contribution in [3.8, 4) is 0 Å². The molecule has 1 heterocycles. The molecular weight excluding hydrogens is 180 g/mol. The lowest BCUT2D eigenvalue weighted by molar-refractivity contribution is 0.0947. The molecule has 1 amide bonds. The molecule has 0 aliphatic carbocycles. The van der Waals surface area contributed by atoms with Gasteiger partial charge >= 0.3 is 0 Å². The molecule has 0 aromatic carbocycles. The van der Waals surface area contributed by atoms with Crippen LogP contribution in [0.25, 0.3) is 0 Å². The molecule has 1 rings (SSSR count). The first-order chi connectivity index (χ1) is 6.65. The van der Waals surface area contributed by atoms with Crippen molar-refractivity contribution in [1.29, 1.82) is 0 Å². The molecule has 0 fully saturated rings. The maximum absolute atomic E-state index is 11.4. The molecular formula is C9H16N4O. The molecule has 3 N–H and O–H groups in total. The topological polar surface area (TPSA) is 72.9 Å². The summed E-state index contributed by atoms with van der Waals surface area (Å²) in [5.41, 5.74) is 5.93. The third-order valence-corrected chi connectivity index (χ3v) is 1.96. The van der Waals surface area contributed by atoms with Crippen molar-refractivity contribution in [1.82, 2.24) is 15.1 Å². The number of aryl methyl sites for hydroxylation is 1. The molecule has 1 aromatic heterocycles. The molecule has 0 aliphatic heterocycles. The first-order valence-corrected chi connectivity index (χ1v) is 4.73. The van der Waals surface area contributed by atoms with Crippen LogP contribution in [0.5, 0.6) is 0 Å². The number of nitrogen functional groups attached to an aromatic ring is 1. The van der Waals surface area contributed by atoms with Gasteiger partial charge in [0.1, 0.15) is 5.82 Å². The first-order valence-electron chi connectivity index (χ1n) is 4.73. The standard InChI is InChI=1S/C9H16N4O/c1-3-4-5-11-9(14)7-6-8(10)13(2)12-7/h6H,3-5,10H2,1-2H3,(H,11,14). The van der Waals surface area contributed by atoms with Crippen LogP contribution >= 0.6 is 0 Å². The lowest BCUT2D eigenvalue weighted by Crippen LogP contribution is -2.24. The number of nitrogens with two attached hydrogens (primary N) is 1. The molecule has 1 aromatic rings. The number of carbonyl (C=O) groups is 1. The van der Waals surface area contributed by atoms with Gasteiger partial charge < -0.3 is 11.1 Å². The van der Waals surface area contributed by atoms with Crippen LogP contribution in [0.2, 0.25) is 0 Å². The summed E-state index contributed by atoms with van der Waals surface area (Å²) in [6.07, 6.45) is 2.04. The van der Waals surface area contributed by atoms with Crippen LogP contribution in [-0.2, 0) is 7.05 Å². The van der Waals surface area contributed by atoms with Crippen molar-refractivity contribution >= 4 is 11.7 Å². The number of aromatic nitrogens is 2. The molecule has 0 spiro atoms. The van der Waals surface area contributed by atoms with Crippen LogP contribution < -0.4 is 11.1 Å². The predicted octanol–water partition coefficient (Wildman–Crippen LogP) is 0.532. The SMILES string of the molecule is CCCCNC(=O)c1cc(N)n(C)n1. The van der Waals surface area contributed by atoms with Gasteiger partial charge in [0.25, 0.3) is 5.91 Å². The minimum absolute atomic E-state index is 0.161. The summed E-state index contributed by atoms with van der Waals surface area (Å²) in [5.74, 6) is 0.330. The van der Waals surface area contributed by atoms with E-state index in [0.29, 0.717) is 18.1 Å². The van der Waals surface area contributed by atoms with Crippen molar-refractivity contribution in [2.45, 2.75) is 19.8 Å². The number of nitrogens with zero attached hydrogens (tertiary/aromatic N) is 2. The normalized spacial score (nSPS) is 10.1. The first kappa shape index (κ1) is 10.6. The highest BCUT2D eigenvalue weighted by Gasteiger charge is 2.09. The zero-order valence-electron chi connectivity index (χ0n) is 8.58. The van der Waals surface area contributed by atoms with E-state index < -0.39 is 0 Å². The van der Waals surface area contributed by atoms with E-state index in [1.165, 1.54) is 4.68 Å². The average Bonchev–Trinajstić information content (AvgIpc) is 2.47. The Morgan fingerprint density at radius 3 is 2.93 bits per heavy atom. The Hall–Kier alpha value is -1.52. The zero-order valence-corrected chi connectivity index (χ0v) is 8.58. The Kier molecular flexibility index (Phi) is 3.50. The van der Waals surface area contributed by atoms with E-state index >= 15 is 0 Å². The number of amides is 1. The minimum Gasteiger partial charge on any atom is -0.384 e. The van der Waals surface area contributed by atoms with E-state index in [4.69, 9.17) is 5.73 Å². The Balaban J connectivity index is 2.52. The largest absolute Gasteiger partial charge is 0.384 e. The number of rotatable bonds is 4. The van der Waals surface area contributed by atoms with Crippen molar-refractivity contribution in [3.63, 3.8) is 0 Å². The van der Waals surface area contributed by atoms with Crippen LogP contribution in [-0.4, -0.2) is 22.2 Å². The summed E-state index contributed by atoms with van der Waals surface area (Å²) < 4.78 is 1.48. The Bertz CT molecular complexity index is 299. The maximum Gasteiger partial charge on any atom is 0.271 e. The molecule has 78 valence electrons. The predicted molar refractivity (Wildman–Crippen MR) is 54.9 cm³/mol. The highest BCUT2D eigenvalue weighted by atomic mass is 16.1. The molecule has 0 saturated heterocycles. The molecule has 0 saturated carbocycles. The molecule has 0 bridgehead atoms. The van der Waals surface area contributed by atoms with Crippen LogP contribution in [0.15, 0.2) is 6.07 Å². The molecule has 0 radical (unpaired) electrons. The third kappa shape index (κ3) is 2.48. The van der Waals surface area contributed by atoms with Gasteiger partial charge in [-0.3, -0.25) is 9.48 Å². The summed E-state index contributed by atoms with van der Waals surface area (Å²) in [6, 6.07) is 1.57. The highest BCUT2D eigenvalue weighted by molar-refractivity contribution is 5.92. The monoisotopic (exact) mass is 196 g/mol. The lowest BCUT2D eigenvalue weighted by atomic mass is 10.3. The number of anilines is 1. The quantitative estimate of drug-likeness (QED) is 0.690. The fourth-order valence-electron chi connectivity index (χ4n) is 1.06. The molecule has 14 heavy (non-hydrogen) atoms. The summed E-state index contributed by atoms with van der Waals surface area (Å²) in [6.45, 7) is 2.76. The molecule has 0 atom stereocenters. The summed E-state index contributed by atoms with van der Waals surface area (Å²) in [5, 5.41) is 6.74. The molecule has 5 heteroatoms. The number of unbranched alkanes of at least 4 members (excludes halogenated alkanes) is 1. The van der Waals surface area contributed by atoms with Gasteiger partial charge in [-0.25, -0.2) is 0 Å². The van der Waals surface area contributed by atoms with Crippen molar-refractivity contribution in [3.05, 3.63) is 11.8 Å². The second-order valence-corrected chi connectivity index (χ2v) is 3.19. The van der Waals surface area contributed by atoms with E-state index in [2.05, 4.69) is 17.3 Å². The number of hydrogen-bond donors (Lipinski definition) is 2. The Morgan fingerprint density at radius 2 is 2.43 bits per heavy atom. The number of hydrogen-bond acceptors (Lipinski definition) is 3. The lowest BCUT2D eigenvalue weighted by Gasteiger charge is -2.00. The minimum atomic E-state index is -0.161. The van der Waals surface area contributed by atoms with Gasteiger partial charge in [0, 0.05) is 19.7 Å². The summed E-state index contributed by atoms with van der Waals surface area (Å²) in [7, 11) is 1.71. The van der Waals surface area contributed by atoms with Gasteiger partial charge in [0.2, 0.25) is 0 Å². The van der Waals surface area contributed by atoms with Crippen LogP contribution in [0.4, 0.5) is 5.82 Å². The van der Waals surface area contributed by atoms with Gasteiger partial charge in [-0.15, -0.1) is 0 Å². The van der Waals surface area contributed by atoms with Crippen molar-refractivity contribution in [2.24, 2.45) is 7.05 Å². The van der Waals surface area contributed by atoms with E-state index in [0.717, 1.165) is 12.8 Å². The number of carbonyl (C=O) groups excluding carboxylic acids is 1. The van der Waals surface area contributed by atoms with Gasteiger partial charge in [-0.2, -0.15) is 5.10 Å². The van der Waals surface area contributed by atoms with Crippen molar-refractivity contribution in [2.75, 3.05) is 12.3 Å². The maximum atomic E-state index is 11.4. The second kappa shape index (κ2) is 4.64. The average molecular weight is 196 g/mol. The van der Waals surface area contributed by atoms with E-state index in [9.17, 15) is 4.79 Å². The Morgan fingerprint density at radius 1 is 1.71 bits per heavy atom. The second-order valence-electron chi connectivity index (χ2n) is 3.19. The van der Waals surface area contributed by atoms with Gasteiger partial charge in [-0.05, 0) is 6.42 Å². The molecule has 0 unspecified atom stereocenters. The third-order valence-electron chi connectivity index (χ3n) is 1.96. The van der Waals surface area contributed by atoms with Gasteiger partial charge in [-0.1, -0.05) is 13.3 Å². The zero-order chi connectivity index (χ0) is 10.6. The van der Waals surface area contributed by atoms with Crippen molar-refractivity contribution < 1.29 is 4.79 Å². The summed E-state index contributed by atoms with van der Waals surface area (Å²) in [4.78, 5) is 11.4. The van der Waals surface area contributed by atoms with Crippen LogP contribution in [0, 0.1) is 0 Å². The van der Waals surface area contributed by atoms with E-state index in [1.807, 2.05) is 0 Å². The fourth-order valence-corrected chi connectivity index (χ4v) is 1.06. The summed E-state index contributed by atoms with van der Waals surface area (Å²) >= 11 is 0. The molecule has 0 aliphatic rings. The van der Waals surface area contributed by atoms with E-state index in [1.54, 1.807) is 13.1 Å². The van der Waals surface area contributed by atoms with Gasteiger partial charge in [0.05, 0.1) is 0 Å². The van der Waals surface area contributed by atoms with Crippen LogP contribution in [0.1, 0.15) is 30.3 Å². The smallest absolute Gasteiger partial charge is 0.271 e. The van der Waals surface area contributed by atoms with Gasteiger partial charge in [0.15, 0.2) is 5.69 Å². The Labute approximate surface area is 83.3 Å².